The third-order valence-electron chi connectivity index (χ3n) is 1.50. The van der Waals surface area contributed by atoms with Crippen LogP contribution in [0.3, 0.4) is 0 Å². The van der Waals surface area contributed by atoms with Crippen molar-refractivity contribution in [3.8, 4) is 0 Å². The smallest absolute Gasteiger partial charge is 0.550 e. The van der Waals surface area contributed by atoms with E-state index in [2.05, 4.69) is 0 Å². The Labute approximate surface area is 83.9 Å². The minimum Gasteiger partial charge on any atom is -0.550 e. The monoisotopic (exact) mass is 250 g/mol. The summed E-state index contributed by atoms with van der Waals surface area (Å²) in [5.74, 6) is -1.08. The van der Waals surface area contributed by atoms with Crippen LogP contribution in [0.2, 0.25) is 0 Å². The van der Waals surface area contributed by atoms with Gasteiger partial charge >= 0.3 is 22.4 Å². The second-order valence-corrected chi connectivity index (χ2v) is 2.61. The average molecular weight is 251 g/mol. The van der Waals surface area contributed by atoms with E-state index in [1.807, 2.05) is 0 Å². The standard InChI is InChI=1S/C6H12.C2H4O2.Ag/c1-2-4-6-5-3-1;1-2(3)4;/h1-6H2;1H3,(H,3,4);/q;;+1/p-1. The number of hydrogen-bond acceptors (Lipinski definition) is 2. The predicted molar refractivity (Wildman–Crippen MR) is 38.4 cm³/mol. The molecular formula is C8H15AgO2. The first-order valence-electron chi connectivity index (χ1n) is 3.91. The Morgan fingerprint density at radius 2 is 1.09 bits per heavy atom. The molecular weight excluding hydrogens is 236 g/mol. The van der Waals surface area contributed by atoms with Crippen molar-refractivity contribution >= 4 is 5.97 Å². The van der Waals surface area contributed by atoms with E-state index in [0.717, 1.165) is 6.92 Å². The van der Waals surface area contributed by atoms with Gasteiger partial charge in [-0.25, -0.2) is 0 Å². The van der Waals surface area contributed by atoms with Gasteiger partial charge in [-0.15, -0.1) is 0 Å². The topological polar surface area (TPSA) is 40.1 Å². The molecule has 0 aromatic rings. The molecule has 0 aromatic carbocycles. The van der Waals surface area contributed by atoms with Crippen LogP contribution >= 0.6 is 0 Å². The number of carboxylic acid groups (broad SMARTS) is 1. The van der Waals surface area contributed by atoms with Crippen LogP contribution < -0.4 is 5.11 Å². The fourth-order valence-electron chi connectivity index (χ4n) is 1.06. The van der Waals surface area contributed by atoms with E-state index >= 15 is 0 Å². The van der Waals surface area contributed by atoms with Crippen molar-refractivity contribution in [1.82, 2.24) is 0 Å². The van der Waals surface area contributed by atoms with E-state index in [0.29, 0.717) is 0 Å². The molecule has 1 aliphatic rings. The fourth-order valence-corrected chi connectivity index (χ4v) is 1.06. The summed E-state index contributed by atoms with van der Waals surface area (Å²) in [7, 11) is 0. The number of carbonyl (C=O) groups excluding carboxylic acids is 1. The van der Waals surface area contributed by atoms with Gasteiger partial charge in [0.15, 0.2) is 0 Å². The largest absolute Gasteiger partial charge is 1.00 e. The molecule has 0 spiro atoms. The van der Waals surface area contributed by atoms with Gasteiger partial charge in [-0.2, -0.15) is 0 Å². The molecule has 0 N–H and O–H groups in total. The first-order chi connectivity index (χ1) is 4.73. The summed E-state index contributed by atoms with van der Waals surface area (Å²) in [4.78, 5) is 8.89. The van der Waals surface area contributed by atoms with Gasteiger partial charge in [0, 0.05) is 5.97 Å². The average Bonchev–Trinajstić information content (AvgIpc) is 1.90. The molecule has 11 heavy (non-hydrogen) atoms. The molecule has 1 saturated carbocycles. The SMILES string of the molecule is C1CCCCC1.CC(=O)[O-].[Ag+]. The Morgan fingerprint density at radius 3 is 1.18 bits per heavy atom. The van der Waals surface area contributed by atoms with E-state index in [1.54, 1.807) is 0 Å². The van der Waals surface area contributed by atoms with Crippen molar-refractivity contribution in [1.29, 1.82) is 0 Å². The minimum absolute atomic E-state index is 0. The van der Waals surface area contributed by atoms with Crippen molar-refractivity contribution in [2.75, 3.05) is 0 Å². The molecule has 70 valence electrons. The Balaban J connectivity index is 0. The van der Waals surface area contributed by atoms with Crippen molar-refractivity contribution in [2.24, 2.45) is 0 Å². The van der Waals surface area contributed by atoms with E-state index in [-0.39, 0.29) is 22.4 Å². The van der Waals surface area contributed by atoms with Crippen molar-refractivity contribution < 1.29 is 32.3 Å². The van der Waals surface area contributed by atoms with Gasteiger partial charge < -0.3 is 9.90 Å². The van der Waals surface area contributed by atoms with Crippen LogP contribution in [-0.4, -0.2) is 5.97 Å². The number of carbonyl (C=O) groups is 1. The summed E-state index contributed by atoms with van der Waals surface area (Å²) in [6.07, 6.45) is 9.00. The fraction of sp³-hybridized carbons (Fsp3) is 0.875. The molecule has 0 amide bonds. The normalized spacial score (nSPS) is 15.4. The van der Waals surface area contributed by atoms with Gasteiger partial charge in [0.25, 0.3) is 0 Å². The zero-order valence-electron chi connectivity index (χ0n) is 6.86. The van der Waals surface area contributed by atoms with E-state index in [4.69, 9.17) is 9.90 Å². The maximum absolute atomic E-state index is 8.89. The molecule has 0 heterocycles. The number of aliphatic carboxylic acids is 1. The van der Waals surface area contributed by atoms with Gasteiger partial charge in [0.2, 0.25) is 0 Å². The molecule has 0 atom stereocenters. The van der Waals surface area contributed by atoms with Gasteiger partial charge in [0.05, 0.1) is 0 Å². The molecule has 0 aromatic heterocycles. The van der Waals surface area contributed by atoms with Crippen LogP contribution in [0.25, 0.3) is 0 Å². The molecule has 1 rings (SSSR count). The molecule has 0 unspecified atom stereocenters. The Hall–Kier alpha value is 0.210. The minimum atomic E-state index is -1.08. The Morgan fingerprint density at radius 1 is 1.00 bits per heavy atom. The first-order valence-corrected chi connectivity index (χ1v) is 3.91. The predicted octanol–water partition coefficient (Wildman–Crippen LogP) is 1.09. The zero-order valence-corrected chi connectivity index (χ0v) is 8.34. The van der Waals surface area contributed by atoms with Crippen LogP contribution in [0, 0.1) is 0 Å². The van der Waals surface area contributed by atoms with Crippen LogP contribution in [0.1, 0.15) is 45.4 Å². The molecule has 0 saturated heterocycles. The van der Waals surface area contributed by atoms with Gasteiger partial charge in [-0.05, 0) is 6.92 Å². The third-order valence-corrected chi connectivity index (χ3v) is 1.50. The molecule has 1 aliphatic carbocycles. The Kier molecular flexibility index (Phi) is 12.8. The molecule has 3 heteroatoms. The van der Waals surface area contributed by atoms with Crippen molar-refractivity contribution in [3.63, 3.8) is 0 Å². The molecule has 0 radical (unpaired) electrons. The van der Waals surface area contributed by atoms with Crippen molar-refractivity contribution in [2.45, 2.75) is 45.4 Å². The second-order valence-electron chi connectivity index (χ2n) is 2.61. The summed E-state index contributed by atoms with van der Waals surface area (Å²) in [5.41, 5.74) is 0. The summed E-state index contributed by atoms with van der Waals surface area (Å²) in [6.45, 7) is 0.972. The van der Waals surface area contributed by atoms with Crippen LogP contribution in [0.5, 0.6) is 0 Å². The van der Waals surface area contributed by atoms with E-state index in [1.165, 1.54) is 38.5 Å². The van der Waals surface area contributed by atoms with Gasteiger partial charge in [-0.1, -0.05) is 38.5 Å². The molecule has 0 bridgehead atoms. The third kappa shape index (κ3) is 17.8. The van der Waals surface area contributed by atoms with Crippen molar-refractivity contribution in [3.05, 3.63) is 0 Å². The summed E-state index contributed by atoms with van der Waals surface area (Å²) in [6, 6.07) is 0. The quantitative estimate of drug-likeness (QED) is 0.605. The summed E-state index contributed by atoms with van der Waals surface area (Å²) >= 11 is 0. The summed E-state index contributed by atoms with van der Waals surface area (Å²) in [5, 5.41) is 8.89. The maximum atomic E-state index is 8.89. The maximum Gasteiger partial charge on any atom is 1.00 e. The van der Waals surface area contributed by atoms with Gasteiger partial charge in [0.1, 0.15) is 0 Å². The second kappa shape index (κ2) is 10.2. The van der Waals surface area contributed by atoms with Crippen LogP contribution in [-0.2, 0) is 27.2 Å². The summed E-state index contributed by atoms with van der Waals surface area (Å²) < 4.78 is 0. The van der Waals surface area contributed by atoms with Gasteiger partial charge in [-0.3, -0.25) is 0 Å². The Bertz CT molecular complexity index is 74.6. The molecule has 1 fully saturated rings. The van der Waals surface area contributed by atoms with E-state index in [9.17, 15) is 0 Å². The number of carboxylic acids is 1. The van der Waals surface area contributed by atoms with E-state index < -0.39 is 5.97 Å². The van der Waals surface area contributed by atoms with Crippen LogP contribution in [0.15, 0.2) is 0 Å². The number of rotatable bonds is 0. The van der Waals surface area contributed by atoms with Crippen LogP contribution in [0.4, 0.5) is 0 Å². The zero-order chi connectivity index (χ0) is 7.82. The molecule has 2 nitrogen and oxygen atoms in total. The molecule has 0 aliphatic heterocycles. The number of hydrogen-bond donors (Lipinski definition) is 0. The first kappa shape index (κ1) is 13.8.